The molecule has 0 spiro atoms. The number of nitrogens with zero attached hydrogens (tertiary/aromatic N) is 1. The Morgan fingerprint density at radius 1 is 1.27 bits per heavy atom. The molecule has 2 aliphatic rings. The summed E-state index contributed by atoms with van der Waals surface area (Å²) >= 11 is 3.46. The van der Waals surface area contributed by atoms with Crippen LogP contribution in [0.25, 0.3) is 0 Å². The maximum absolute atomic E-state index is 12.7. The normalized spacial score (nSPS) is 26.0. The fraction of sp³-hybridized carbons (Fsp3) is 0.235. The van der Waals surface area contributed by atoms with Gasteiger partial charge in [0.25, 0.3) is 0 Å². The molecule has 4 nitrogen and oxygen atoms in total. The van der Waals surface area contributed by atoms with Crippen molar-refractivity contribution in [2.24, 2.45) is 0 Å². The van der Waals surface area contributed by atoms with E-state index in [1.165, 1.54) is 0 Å². The van der Waals surface area contributed by atoms with Crippen molar-refractivity contribution in [2.45, 2.75) is 25.1 Å². The lowest BCUT2D eigenvalue weighted by molar-refractivity contribution is 0.0379. The Balaban J connectivity index is 1.82. The summed E-state index contributed by atoms with van der Waals surface area (Å²) in [5, 5.41) is 3.09. The molecule has 5 heteroatoms. The van der Waals surface area contributed by atoms with E-state index in [1.807, 2.05) is 55.5 Å². The number of nitrogens with one attached hydrogen (secondary N) is 1. The minimum Gasteiger partial charge on any atom is -0.467 e. The second-order valence-electron chi connectivity index (χ2n) is 5.84. The molecule has 1 saturated heterocycles. The van der Waals surface area contributed by atoms with E-state index in [-0.39, 0.29) is 12.1 Å². The number of fused-ring (bicyclic) bond motifs is 4. The number of halogens is 1. The predicted molar refractivity (Wildman–Crippen MR) is 88.0 cm³/mol. The number of amides is 2. The van der Waals surface area contributed by atoms with Crippen LogP contribution >= 0.6 is 15.9 Å². The zero-order valence-corrected chi connectivity index (χ0v) is 13.6. The number of rotatable bonds is 1. The van der Waals surface area contributed by atoms with E-state index in [0.717, 1.165) is 21.5 Å². The summed E-state index contributed by atoms with van der Waals surface area (Å²) in [6, 6.07) is 15.4. The van der Waals surface area contributed by atoms with Gasteiger partial charge in [0.05, 0.1) is 11.7 Å². The number of ether oxygens (including phenoxy) is 1. The Morgan fingerprint density at radius 2 is 2.09 bits per heavy atom. The summed E-state index contributed by atoms with van der Waals surface area (Å²) in [5.74, 6) is 0.834. The number of hydrogen-bond donors (Lipinski definition) is 1. The van der Waals surface area contributed by atoms with Crippen LogP contribution in [0.2, 0.25) is 0 Å². The fourth-order valence-electron chi connectivity index (χ4n) is 3.33. The Morgan fingerprint density at radius 3 is 2.91 bits per heavy atom. The van der Waals surface area contributed by atoms with Gasteiger partial charge in [-0.15, -0.1) is 0 Å². The third-order valence-corrected chi connectivity index (χ3v) is 4.74. The molecular formula is C17H15BrN2O2. The number of benzene rings is 2. The van der Waals surface area contributed by atoms with Crippen LogP contribution in [0.4, 0.5) is 10.5 Å². The lowest BCUT2D eigenvalue weighted by atomic mass is 9.90. The van der Waals surface area contributed by atoms with Crippen molar-refractivity contribution in [3.05, 3.63) is 58.6 Å². The van der Waals surface area contributed by atoms with Crippen LogP contribution in [0.5, 0.6) is 5.75 Å². The van der Waals surface area contributed by atoms with E-state index in [4.69, 9.17) is 4.74 Å². The summed E-state index contributed by atoms with van der Waals surface area (Å²) in [6.45, 7) is 1.97. The van der Waals surface area contributed by atoms with Gasteiger partial charge in [-0.05, 0) is 31.2 Å². The quantitative estimate of drug-likeness (QED) is 0.829. The first-order valence-electron chi connectivity index (χ1n) is 7.21. The van der Waals surface area contributed by atoms with E-state index >= 15 is 0 Å². The number of urea groups is 1. The highest BCUT2D eigenvalue weighted by atomic mass is 79.9. The number of hydrogen-bond acceptors (Lipinski definition) is 2. The van der Waals surface area contributed by atoms with Crippen molar-refractivity contribution in [3.8, 4) is 5.75 Å². The average molecular weight is 359 g/mol. The Kier molecular flexibility index (Phi) is 2.94. The van der Waals surface area contributed by atoms with Gasteiger partial charge in [-0.25, -0.2) is 4.79 Å². The minimum absolute atomic E-state index is 0.00847. The molecular weight excluding hydrogens is 344 g/mol. The molecule has 0 aliphatic carbocycles. The number of anilines is 1. The molecule has 0 saturated carbocycles. The van der Waals surface area contributed by atoms with Gasteiger partial charge in [0.15, 0.2) is 5.72 Å². The van der Waals surface area contributed by atoms with Crippen LogP contribution in [0.1, 0.15) is 24.9 Å². The van der Waals surface area contributed by atoms with Gasteiger partial charge in [0, 0.05) is 16.5 Å². The molecule has 0 aromatic heterocycles. The van der Waals surface area contributed by atoms with E-state index in [9.17, 15) is 4.79 Å². The fourth-order valence-corrected chi connectivity index (χ4v) is 3.72. The van der Waals surface area contributed by atoms with Crippen molar-refractivity contribution in [2.75, 3.05) is 4.90 Å². The first kappa shape index (κ1) is 13.6. The predicted octanol–water partition coefficient (Wildman–Crippen LogP) is 4.22. The van der Waals surface area contributed by atoms with Crippen LogP contribution < -0.4 is 15.0 Å². The molecule has 1 fully saturated rings. The maximum atomic E-state index is 12.7. The maximum Gasteiger partial charge on any atom is 0.325 e. The summed E-state index contributed by atoms with van der Waals surface area (Å²) in [4.78, 5) is 14.4. The molecule has 2 amide bonds. The van der Waals surface area contributed by atoms with Crippen molar-refractivity contribution >= 4 is 27.6 Å². The van der Waals surface area contributed by atoms with Gasteiger partial charge in [-0.3, -0.25) is 4.90 Å². The van der Waals surface area contributed by atoms with Crippen molar-refractivity contribution < 1.29 is 9.53 Å². The number of carbonyl (C=O) groups is 1. The summed E-state index contributed by atoms with van der Waals surface area (Å²) in [6.07, 6.45) is 0.711. The Hall–Kier alpha value is -2.01. The Labute approximate surface area is 137 Å². The summed E-state index contributed by atoms with van der Waals surface area (Å²) in [7, 11) is 0. The summed E-state index contributed by atoms with van der Waals surface area (Å²) < 4.78 is 7.15. The highest BCUT2D eigenvalue weighted by molar-refractivity contribution is 9.10. The second kappa shape index (κ2) is 4.74. The first-order chi connectivity index (χ1) is 10.6. The molecule has 2 heterocycles. The van der Waals surface area contributed by atoms with Crippen LogP contribution in [0.3, 0.4) is 0 Å². The van der Waals surface area contributed by atoms with Gasteiger partial charge in [0.2, 0.25) is 0 Å². The van der Waals surface area contributed by atoms with Gasteiger partial charge >= 0.3 is 6.03 Å². The van der Waals surface area contributed by atoms with Crippen molar-refractivity contribution in [1.29, 1.82) is 0 Å². The molecule has 112 valence electrons. The van der Waals surface area contributed by atoms with Gasteiger partial charge in [0.1, 0.15) is 5.75 Å². The summed E-state index contributed by atoms with van der Waals surface area (Å²) in [5.41, 5.74) is 1.16. The minimum atomic E-state index is -0.692. The van der Waals surface area contributed by atoms with Crippen molar-refractivity contribution in [3.63, 3.8) is 0 Å². The Bertz CT molecular complexity index is 764. The molecule has 0 unspecified atom stereocenters. The van der Waals surface area contributed by atoms with Crippen LogP contribution in [-0.4, -0.2) is 11.8 Å². The third kappa shape index (κ3) is 2.00. The van der Waals surface area contributed by atoms with Crippen LogP contribution in [-0.2, 0) is 0 Å². The largest absolute Gasteiger partial charge is 0.467 e. The molecule has 2 aliphatic heterocycles. The average Bonchev–Trinajstić information content (AvgIpc) is 2.46. The van der Waals surface area contributed by atoms with E-state index < -0.39 is 5.72 Å². The van der Waals surface area contributed by atoms with Gasteiger partial charge in [-0.2, -0.15) is 0 Å². The number of carbonyl (C=O) groups excluding carboxylic acids is 1. The van der Waals surface area contributed by atoms with Gasteiger partial charge in [-0.1, -0.05) is 40.2 Å². The highest BCUT2D eigenvalue weighted by Crippen LogP contribution is 2.45. The lowest BCUT2D eigenvalue weighted by Gasteiger charge is -2.50. The monoisotopic (exact) mass is 358 g/mol. The molecule has 0 radical (unpaired) electrons. The molecule has 2 atom stereocenters. The first-order valence-corrected chi connectivity index (χ1v) is 8.00. The molecule has 2 aromatic carbocycles. The van der Waals surface area contributed by atoms with Gasteiger partial charge < -0.3 is 10.1 Å². The van der Waals surface area contributed by atoms with Crippen LogP contribution in [0, 0.1) is 0 Å². The molecule has 2 aromatic rings. The van der Waals surface area contributed by atoms with Crippen LogP contribution in [0.15, 0.2) is 53.0 Å². The third-order valence-electron chi connectivity index (χ3n) is 4.25. The lowest BCUT2D eigenvalue weighted by Crippen LogP contribution is -2.65. The van der Waals surface area contributed by atoms with Crippen molar-refractivity contribution in [1.82, 2.24) is 5.32 Å². The second-order valence-corrected chi connectivity index (χ2v) is 6.75. The SMILES string of the molecule is C[C@]12C[C@@H](NC(=O)N1c1cccc(Br)c1)c1ccccc1O2. The zero-order chi connectivity index (χ0) is 15.3. The molecule has 22 heavy (non-hydrogen) atoms. The number of para-hydroxylation sites is 1. The topological polar surface area (TPSA) is 41.6 Å². The van der Waals surface area contributed by atoms with E-state index in [2.05, 4.69) is 21.2 Å². The standard InChI is InChI=1S/C17H15BrN2O2/c1-17-10-14(13-7-2-3-8-15(13)22-17)19-16(21)20(17)12-6-4-5-11(18)9-12/h2-9,14H,10H2,1H3,(H,19,21)/t14-,17+/m1/s1. The smallest absolute Gasteiger partial charge is 0.325 e. The highest BCUT2D eigenvalue weighted by Gasteiger charge is 2.49. The molecule has 4 rings (SSSR count). The molecule has 1 N–H and O–H groups in total. The molecule has 2 bridgehead atoms. The van der Waals surface area contributed by atoms with E-state index in [0.29, 0.717) is 6.42 Å². The van der Waals surface area contributed by atoms with E-state index in [1.54, 1.807) is 4.90 Å². The zero-order valence-electron chi connectivity index (χ0n) is 12.0.